The molecule has 0 fully saturated rings. The molecule has 1 heterocycles. The maximum absolute atomic E-state index is 13.2. The Bertz CT molecular complexity index is 581. The zero-order valence-electron chi connectivity index (χ0n) is 8.80. The number of rotatable bonds is 1. The molecule has 2 rings (SSSR count). The molecule has 18 heavy (non-hydrogen) atoms. The van der Waals surface area contributed by atoms with Crippen LogP contribution in [0, 0.1) is 5.82 Å². The molecule has 0 spiro atoms. The monoisotopic (exact) mass is 275 g/mol. The lowest BCUT2D eigenvalue weighted by Crippen LogP contribution is -2.07. The molecule has 0 saturated carbocycles. The Hall–Kier alpha value is -1.62. The molecule has 0 radical (unpaired) electrons. The van der Waals surface area contributed by atoms with Crippen molar-refractivity contribution in [2.75, 3.05) is 0 Å². The van der Waals surface area contributed by atoms with E-state index in [-0.39, 0.29) is 16.3 Å². The Morgan fingerprint density at radius 3 is 2.39 bits per heavy atom. The van der Waals surface area contributed by atoms with Gasteiger partial charge in [-0.1, -0.05) is 29.8 Å². The number of benzene rings is 1. The Morgan fingerprint density at radius 1 is 1.11 bits per heavy atom. The summed E-state index contributed by atoms with van der Waals surface area (Å²) < 4.78 is 51.5. The van der Waals surface area contributed by atoms with Crippen molar-refractivity contribution < 1.29 is 17.6 Å². The summed E-state index contributed by atoms with van der Waals surface area (Å²) in [6, 6.07) is 5.83. The summed E-state index contributed by atoms with van der Waals surface area (Å²) in [5, 5.41) is -0.372. The predicted octanol–water partition coefficient (Wildman–Crippen LogP) is 4.56. The first-order valence-corrected chi connectivity index (χ1v) is 5.25. The molecule has 0 bridgehead atoms. The molecule has 1 aromatic carbocycles. The molecule has 6 heteroatoms. The number of pyridine rings is 1. The molecular weight excluding hydrogens is 270 g/mol. The van der Waals surface area contributed by atoms with Crippen LogP contribution in [0.2, 0.25) is 5.15 Å². The standard InChI is InChI=1S/C12H6ClF4N/c13-11-10(14)5-7(6-18-11)8-3-1-2-4-9(8)12(15,16)17/h1-6H. The Morgan fingerprint density at radius 2 is 1.78 bits per heavy atom. The highest BCUT2D eigenvalue weighted by Crippen LogP contribution is 2.37. The van der Waals surface area contributed by atoms with Gasteiger partial charge >= 0.3 is 6.18 Å². The third-order valence-electron chi connectivity index (χ3n) is 2.34. The number of nitrogens with zero attached hydrogens (tertiary/aromatic N) is 1. The van der Waals surface area contributed by atoms with Gasteiger partial charge in [0, 0.05) is 11.8 Å². The van der Waals surface area contributed by atoms with Crippen molar-refractivity contribution in [3.63, 3.8) is 0 Å². The van der Waals surface area contributed by atoms with Crippen LogP contribution in [0.4, 0.5) is 17.6 Å². The lowest BCUT2D eigenvalue weighted by atomic mass is 10.0. The van der Waals surface area contributed by atoms with Crippen LogP contribution < -0.4 is 0 Å². The minimum absolute atomic E-state index is 0.0322. The van der Waals surface area contributed by atoms with E-state index in [0.717, 1.165) is 18.3 Å². The van der Waals surface area contributed by atoms with Gasteiger partial charge in [-0.2, -0.15) is 13.2 Å². The molecule has 94 valence electrons. The van der Waals surface area contributed by atoms with Crippen LogP contribution in [0.15, 0.2) is 36.5 Å². The first kappa shape index (κ1) is 12.8. The number of halogens is 5. The van der Waals surface area contributed by atoms with Gasteiger partial charge < -0.3 is 0 Å². The molecule has 0 amide bonds. The van der Waals surface area contributed by atoms with Crippen LogP contribution >= 0.6 is 11.6 Å². The second-order valence-electron chi connectivity index (χ2n) is 3.54. The predicted molar refractivity (Wildman–Crippen MR) is 59.6 cm³/mol. The highest BCUT2D eigenvalue weighted by molar-refractivity contribution is 6.29. The Kier molecular flexibility index (Phi) is 3.26. The van der Waals surface area contributed by atoms with Crippen LogP contribution in [0.25, 0.3) is 11.1 Å². The molecule has 0 aliphatic heterocycles. The van der Waals surface area contributed by atoms with Crippen LogP contribution in [-0.4, -0.2) is 4.98 Å². The minimum Gasteiger partial charge on any atom is -0.241 e. The Balaban J connectivity index is 2.61. The second kappa shape index (κ2) is 4.57. The van der Waals surface area contributed by atoms with E-state index in [1.165, 1.54) is 18.2 Å². The molecule has 2 aromatic rings. The van der Waals surface area contributed by atoms with Crippen LogP contribution in [0.5, 0.6) is 0 Å². The number of alkyl halides is 3. The highest BCUT2D eigenvalue weighted by atomic mass is 35.5. The summed E-state index contributed by atoms with van der Waals surface area (Å²) in [5.74, 6) is -0.855. The van der Waals surface area contributed by atoms with Crippen molar-refractivity contribution in [2.45, 2.75) is 6.18 Å². The molecule has 0 atom stereocenters. The first-order chi connectivity index (χ1) is 8.39. The van der Waals surface area contributed by atoms with Crippen molar-refractivity contribution >= 4 is 11.6 Å². The van der Waals surface area contributed by atoms with Gasteiger partial charge in [0.15, 0.2) is 11.0 Å². The van der Waals surface area contributed by atoms with Crippen molar-refractivity contribution in [2.24, 2.45) is 0 Å². The van der Waals surface area contributed by atoms with E-state index in [9.17, 15) is 17.6 Å². The largest absolute Gasteiger partial charge is 0.417 e. The summed E-state index contributed by atoms with van der Waals surface area (Å²) in [6.45, 7) is 0. The number of hydrogen-bond acceptors (Lipinski definition) is 1. The van der Waals surface area contributed by atoms with Crippen LogP contribution in [0.3, 0.4) is 0 Å². The fourth-order valence-electron chi connectivity index (χ4n) is 1.55. The molecule has 0 N–H and O–H groups in total. The van der Waals surface area contributed by atoms with Crippen molar-refractivity contribution in [1.82, 2.24) is 4.98 Å². The summed E-state index contributed by atoms with van der Waals surface area (Å²) in [6.07, 6.45) is -3.40. The summed E-state index contributed by atoms with van der Waals surface area (Å²) in [5.41, 5.74) is -0.939. The van der Waals surface area contributed by atoms with Crippen molar-refractivity contribution in [3.05, 3.63) is 53.1 Å². The van der Waals surface area contributed by atoms with E-state index in [0.29, 0.717) is 0 Å². The van der Waals surface area contributed by atoms with Gasteiger partial charge in [0.1, 0.15) is 0 Å². The van der Waals surface area contributed by atoms with Gasteiger partial charge in [0.25, 0.3) is 0 Å². The van der Waals surface area contributed by atoms with E-state index >= 15 is 0 Å². The van der Waals surface area contributed by atoms with Crippen molar-refractivity contribution in [1.29, 1.82) is 0 Å². The molecule has 0 aliphatic rings. The number of hydrogen-bond donors (Lipinski definition) is 0. The van der Waals surface area contributed by atoms with Gasteiger partial charge in [0.2, 0.25) is 0 Å². The van der Waals surface area contributed by atoms with E-state index in [1.54, 1.807) is 0 Å². The third-order valence-corrected chi connectivity index (χ3v) is 2.62. The average molecular weight is 276 g/mol. The van der Waals surface area contributed by atoms with Gasteiger partial charge in [0.05, 0.1) is 5.56 Å². The van der Waals surface area contributed by atoms with Crippen LogP contribution in [0.1, 0.15) is 5.56 Å². The zero-order valence-corrected chi connectivity index (χ0v) is 9.56. The third kappa shape index (κ3) is 2.46. The molecular formula is C12H6ClF4N. The normalized spacial score (nSPS) is 11.6. The molecule has 0 aliphatic carbocycles. The maximum Gasteiger partial charge on any atom is 0.417 e. The molecule has 0 saturated heterocycles. The minimum atomic E-state index is -4.51. The summed E-state index contributed by atoms with van der Waals surface area (Å²) >= 11 is 5.39. The smallest absolute Gasteiger partial charge is 0.241 e. The molecule has 1 nitrogen and oxygen atoms in total. The first-order valence-electron chi connectivity index (χ1n) is 4.87. The second-order valence-corrected chi connectivity index (χ2v) is 3.90. The van der Waals surface area contributed by atoms with E-state index in [4.69, 9.17) is 11.6 Å². The van der Waals surface area contributed by atoms with Gasteiger partial charge in [-0.05, 0) is 17.7 Å². The van der Waals surface area contributed by atoms with Crippen LogP contribution in [-0.2, 0) is 6.18 Å². The zero-order chi connectivity index (χ0) is 13.3. The van der Waals surface area contributed by atoms with Gasteiger partial charge in [-0.3, -0.25) is 0 Å². The van der Waals surface area contributed by atoms with Crippen molar-refractivity contribution in [3.8, 4) is 11.1 Å². The van der Waals surface area contributed by atoms with E-state index in [2.05, 4.69) is 4.98 Å². The van der Waals surface area contributed by atoms with Gasteiger partial charge in [-0.15, -0.1) is 0 Å². The maximum atomic E-state index is 13.2. The topological polar surface area (TPSA) is 12.9 Å². The highest BCUT2D eigenvalue weighted by Gasteiger charge is 2.33. The fraction of sp³-hybridized carbons (Fsp3) is 0.0833. The average Bonchev–Trinajstić information content (AvgIpc) is 2.32. The molecule has 0 unspecified atom stereocenters. The molecule has 1 aromatic heterocycles. The lowest BCUT2D eigenvalue weighted by Gasteiger charge is -2.12. The van der Waals surface area contributed by atoms with Gasteiger partial charge in [-0.25, -0.2) is 9.37 Å². The summed E-state index contributed by atoms with van der Waals surface area (Å²) in [7, 11) is 0. The van der Waals surface area contributed by atoms with E-state index < -0.39 is 17.6 Å². The summed E-state index contributed by atoms with van der Waals surface area (Å²) in [4.78, 5) is 3.50. The fourth-order valence-corrected chi connectivity index (χ4v) is 1.65. The number of aromatic nitrogens is 1. The SMILES string of the molecule is Fc1cc(-c2ccccc2C(F)(F)F)cnc1Cl. The quantitative estimate of drug-likeness (QED) is 0.549. The Labute approximate surface area is 105 Å². The lowest BCUT2D eigenvalue weighted by molar-refractivity contribution is -0.137. The van der Waals surface area contributed by atoms with E-state index in [1.807, 2.05) is 0 Å².